The van der Waals surface area contributed by atoms with Gasteiger partial charge >= 0.3 is 0 Å². The van der Waals surface area contributed by atoms with Crippen molar-refractivity contribution in [2.75, 3.05) is 4.72 Å². The fourth-order valence-electron chi connectivity index (χ4n) is 3.48. The molecule has 0 fully saturated rings. The number of nitrogens with one attached hydrogen (secondary N) is 1. The Morgan fingerprint density at radius 2 is 1.41 bits per heavy atom. The number of rotatable bonds is 8. The molecular formula is C17H29NO3S. The fraction of sp³-hybridized carbons (Fsp3) is 0.647. The molecule has 1 rings (SSSR count). The average Bonchev–Trinajstić information content (AvgIpc) is 2.50. The van der Waals surface area contributed by atoms with Crippen LogP contribution in [-0.4, -0.2) is 18.3 Å². The SMILES string of the molecule is CCC(C)(CC)C(CC)(CC)S(=O)(=O)Nc1ccc(O)cc1. The minimum Gasteiger partial charge on any atom is -0.508 e. The molecular weight excluding hydrogens is 298 g/mol. The molecule has 0 aliphatic heterocycles. The Hall–Kier alpha value is -1.23. The summed E-state index contributed by atoms with van der Waals surface area (Å²) in [6.45, 7) is 10.1. The molecule has 0 radical (unpaired) electrons. The minimum atomic E-state index is -3.56. The quantitative estimate of drug-likeness (QED) is 0.690. The summed E-state index contributed by atoms with van der Waals surface area (Å²) in [6.07, 6.45) is 2.74. The first-order chi connectivity index (χ1) is 10.2. The van der Waals surface area contributed by atoms with Crippen LogP contribution in [-0.2, 0) is 10.0 Å². The van der Waals surface area contributed by atoms with E-state index < -0.39 is 14.8 Å². The molecule has 0 saturated carbocycles. The third-order valence-corrected chi connectivity index (χ3v) is 8.04. The third-order valence-electron chi connectivity index (χ3n) is 5.44. The van der Waals surface area contributed by atoms with E-state index in [0.717, 1.165) is 12.8 Å². The lowest BCUT2D eigenvalue weighted by Crippen LogP contribution is -2.53. The number of phenols is 1. The highest BCUT2D eigenvalue weighted by atomic mass is 32.2. The molecule has 1 aromatic rings. The lowest BCUT2D eigenvalue weighted by atomic mass is 9.69. The number of hydrogen-bond donors (Lipinski definition) is 2. The van der Waals surface area contributed by atoms with Gasteiger partial charge in [0.25, 0.3) is 0 Å². The first kappa shape index (κ1) is 18.8. The van der Waals surface area contributed by atoms with Crippen molar-refractivity contribution in [1.82, 2.24) is 0 Å². The molecule has 0 atom stereocenters. The molecule has 0 aliphatic rings. The van der Waals surface area contributed by atoms with Crippen LogP contribution in [0.15, 0.2) is 24.3 Å². The van der Waals surface area contributed by atoms with Crippen molar-refractivity contribution < 1.29 is 13.5 Å². The van der Waals surface area contributed by atoms with Crippen LogP contribution in [0.4, 0.5) is 5.69 Å². The van der Waals surface area contributed by atoms with Gasteiger partial charge in [-0.05, 0) is 55.4 Å². The molecule has 0 aliphatic carbocycles. The second kappa shape index (κ2) is 6.90. The lowest BCUT2D eigenvalue weighted by Gasteiger charge is -2.46. The number of benzene rings is 1. The van der Waals surface area contributed by atoms with Gasteiger partial charge in [-0.3, -0.25) is 4.72 Å². The summed E-state index contributed by atoms with van der Waals surface area (Å²) in [5.41, 5.74) is 0.192. The first-order valence-corrected chi connectivity index (χ1v) is 9.51. The summed E-state index contributed by atoms with van der Waals surface area (Å²) < 4.78 is 28.2. The molecule has 0 aromatic heterocycles. The number of aromatic hydroxyl groups is 1. The smallest absolute Gasteiger partial charge is 0.239 e. The molecule has 1 aromatic carbocycles. The largest absolute Gasteiger partial charge is 0.508 e. The van der Waals surface area contributed by atoms with Crippen molar-refractivity contribution in [3.05, 3.63) is 24.3 Å². The van der Waals surface area contributed by atoms with Crippen LogP contribution in [0.5, 0.6) is 5.75 Å². The Bertz CT molecular complexity index is 570. The van der Waals surface area contributed by atoms with Crippen molar-refractivity contribution in [1.29, 1.82) is 0 Å². The van der Waals surface area contributed by atoms with Crippen LogP contribution in [0.3, 0.4) is 0 Å². The Kier molecular flexibility index (Phi) is 5.90. The maximum Gasteiger partial charge on any atom is 0.239 e. The molecule has 0 heterocycles. The summed E-state index contributed by atoms with van der Waals surface area (Å²) in [5, 5.41) is 9.34. The minimum absolute atomic E-state index is 0.118. The Morgan fingerprint density at radius 3 is 1.77 bits per heavy atom. The summed E-state index contributed by atoms with van der Waals surface area (Å²) in [4.78, 5) is 0. The van der Waals surface area contributed by atoms with Crippen molar-refractivity contribution in [3.63, 3.8) is 0 Å². The molecule has 22 heavy (non-hydrogen) atoms. The Labute approximate surface area is 135 Å². The van der Waals surface area contributed by atoms with Crippen LogP contribution in [0.25, 0.3) is 0 Å². The molecule has 0 amide bonds. The van der Waals surface area contributed by atoms with Crippen LogP contribution in [0.1, 0.15) is 60.3 Å². The van der Waals surface area contributed by atoms with Gasteiger partial charge in [-0.15, -0.1) is 0 Å². The molecule has 2 N–H and O–H groups in total. The zero-order valence-electron chi connectivity index (χ0n) is 14.3. The van der Waals surface area contributed by atoms with Crippen molar-refractivity contribution in [3.8, 4) is 5.75 Å². The molecule has 0 spiro atoms. The van der Waals surface area contributed by atoms with E-state index >= 15 is 0 Å². The maximum atomic E-state index is 13.2. The predicted octanol–water partition coefficient (Wildman–Crippen LogP) is 4.52. The van der Waals surface area contributed by atoms with Crippen molar-refractivity contribution >= 4 is 15.7 Å². The predicted molar refractivity (Wildman–Crippen MR) is 92.7 cm³/mol. The van der Waals surface area contributed by atoms with E-state index in [0.29, 0.717) is 18.5 Å². The fourth-order valence-corrected chi connectivity index (χ4v) is 5.82. The normalized spacial score (nSPS) is 13.1. The summed E-state index contributed by atoms with van der Waals surface area (Å²) in [7, 11) is -3.56. The summed E-state index contributed by atoms with van der Waals surface area (Å²) in [5.74, 6) is 0.118. The van der Waals surface area contributed by atoms with Gasteiger partial charge in [0.2, 0.25) is 10.0 Å². The molecule has 0 bridgehead atoms. The van der Waals surface area contributed by atoms with Crippen LogP contribution >= 0.6 is 0 Å². The standard InChI is InChI=1S/C17H29NO3S/c1-6-16(5,7-2)17(8-3,9-4)22(20,21)18-14-10-12-15(19)13-11-14/h10-13,18-19H,6-9H2,1-5H3. The Balaban J connectivity index is 3.32. The second-order valence-electron chi connectivity index (χ2n) is 6.12. The Morgan fingerprint density at radius 1 is 0.955 bits per heavy atom. The highest BCUT2D eigenvalue weighted by Crippen LogP contribution is 2.48. The van der Waals surface area contributed by atoms with Gasteiger partial charge in [0, 0.05) is 5.69 Å². The number of sulfonamides is 1. The third kappa shape index (κ3) is 3.09. The van der Waals surface area contributed by atoms with E-state index in [9.17, 15) is 13.5 Å². The van der Waals surface area contributed by atoms with E-state index in [2.05, 4.69) is 25.5 Å². The molecule has 0 unspecified atom stereocenters. The van der Waals surface area contributed by atoms with Gasteiger partial charge in [0.1, 0.15) is 5.75 Å². The number of phenolic OH excluding ortho intramolecular Hbond substituents is 1. The maximum absolute atomic E-state index is 13.2. The topological polar surface area (TPSA) is 66.4 Å². The van der Waals surface area contributed by atoms with Gasteiger partial charge in [0.05, 0.1) is 4.75 Å². The van der Waals surface area contributed by atoms with Gasteiger partial charge < -0.3 is 5.11 Å². The average molecular weight is 327 g/mol. The van der Waals surface area contributed by atoms with E-state index in [1.807, 2.05) is 13.8 Å². The van der Waals surface area contributed by atoms with Crippen molar-refractivity contribution in [2.24, 2.45) is 5.41 Å². The molecule has 0 saturated heterocycles. The number of anilines is 1. The summed E-state index contributed by atoms with van der Waals surface area (Å²) >= 11 is 0. The second-order valence-corrected chi connectivity index (χ2v) is 8.11. The van der Waals surface area contributed by atoms with Crippen molar-refractivity contribution in [2.45, 2.75) is 65.0 Å². The van der Waals surface area contributed by atoms with Gasteiger partial charge in [-0.25, -0.2) is 8.42 Å². The lowest BCUT2D eigenvalue weighted by molar-refractivity contribution is 0.180. The molecule has 5 heteroatoms. The van der Waals surface area contributed by atoms with E-state index in [-0.39, 0.29) is 11.2 Å². The van der Waals surface area contributed by atoms with E-state index in [1.165, 1.54) is 12.1 Å². The van der Waals surface area contributed by atoms with Gasteiger partial charge in [-0.2, -0.15) is 0 Å². The van der Waals surface area contributed by atoms with Crippen LogP contribution in [0.2, 0.25) is 0 Å². The molecule has 4 nitrogen and oxygen atoms in total. The van der Waals surface area contributed by atoms with Gasteiger partial charge in [-0.1, -0.05) is 34.6 Å². The summed E-state index contributed by atoms with van der Waals surface area (Å²) in [6, 6.07) is 6.13. The number of hydrogen-bond acceptors (Lipinski definition) is 3. The highest BCUT2D eigenvalue weighted by molar-refractivity contribution is 7.94. The zero-order chi connectivity index (χ0) is 17.0. The van der Waals surface area contributed by atoms with Crippen LogP contribution < -0.4 is 4.72 Å². The molecule has 126 valence electrons. The monoisotopic (exact) mass is 327 g/mol. The van der Waals surface area contributed by atoms with Crippen LogP contribution in [0, 0.1) is 5.41 Å². The van der Waals surface area contributed by atoms with E-state index in [4.69, 9.17) is 0 Å². The zero-order valence-corrected chi connectivity index (χ0v) is 15.1. The first-order valence-electron chi connectivity index (χ1n) is 8.03. The highest BCUT2D eigenvalue weighted by Gasteiger charge is 2.53. The van der Waals surface area contributed by atoms with E-state index in [1.54, 1.807) is 12.1 Å². The van der Waals surface area contributed by atoms with Gasteiger partial charge in [0.15, 0.2) is 0 Å².